The summed E-state index contributed by atoms with van der Waals surface area (Å²) in [6.07, 6.45) is 2.88. The van der Waals surface area contributed by atoms with Crippen LogP contribution in [0.5, 0.6) is 11.5 Å². The van der Waals surface area contributed by atoms with Gasteiger partial charge in [0, 0.05) is 0 Å². The Morgan fingerprint density at radius 2 is 1.96 bits per heavy atom. The van der Waals surface area contributed by atoms with Crippen LogP contribution in [0.2, 0.25) is 0 Å². The molecule has 0 aliphatic rings. The van der Waals surface area contributed by atoms with E-state index < -0.39 is 0 Å². The van der Waals surface area contributed by atoms with Gasteiger partial charge in [-0.1, -0.05) is 29.8 Å². The van der Waals surface area contributed by atoms with Crippen LogP contribution in [0.4, 0.5) is 5.69 Å². The van der Waals surface area contributed by atoms with E-state index in [4.69, 9.17) is 4.74 Å². The van der Waals surface area contributed by atoms with Crippen LogP contribution in [-0.4, -0.2) is 20.7 Å². The van der Waals surface area contributed by atoms with Gasteiger partial charge in [0.1, 0.15) is 24.9 Å². The molecular formula is C17H16N4O2. The Balaban J connectivity index is 1.72. The molecule has 1 amide bonds. The average molecular weight is 308 g/mol. The van der Waals surface area contributed by atoms with E-state index in [1.54, 1.807) is 6.07 Å². The summed E-state index contributed by atoms with van der Waals surface area (Å²) >= 11 is 0. The second kappa shape index (κ2) is 6.74. The summed E-state index contributed by atoms with van der Waals surface area (Å²) in [5, 5.41) is 6.74. The molecule has 0 spiro atoms. The standard InChI is InChI=1S/C17H16N4O2/c1-13-6-8-14(9-7-13)23-16-5-3-2-4-15(16)20-17(22)10-21-12-18-11-19-21/h2-9,11-12H,10H2,1H3,(H,20,22). The fourth-order valence-corrected chi connectivity index (χ4v) is 2.04. The molecule has 0 saturated carbocycles. The minimum Gasteiger partial charge on any atom is -0.455 e. The van der Waals surface area contributed by atoms with Crippen molar-refractivity contribution in [2.75, 3.05) is 5.32 Å². The second-order valence-electron chi connectivity index (χ2n) is 5.05. The molecule has 6 heteroatoms. The molecule has 0 fully saturated rings. The lowest BCUT2D eigenvalue weighted by Gasteiger charge is -2.12. The number of hydrogen-bond donors (Lipinski definition) is 1. The van der Waals surface area contributed by atoms with E-state index in [1.807, 2.05) is 49.4 Å². The van der Waals surface area contributed by atoms with Gasteiger partial charge < -0.3 is 10.1 Å². The Kier molecular flexibility index (Phi) is 4.33. The highest BCUT2D eigenvalue weighted by molar-refractivity contribution is 5.92. The minimum absolute atomic E-state index is 0.0961. The maximum atomic E-state index is 12.1. The molecule has 0 radical (unpaired) electrons. The number of benzene rings is 2. The van der Waals surface area contributed by atoms with Crippen LogP contribution in [0.1, 0.15) is 5.56 Å². The molecule has 116 valence electrons. The van der Waals surface area contributed by atoms with Gasteiger partial charge >= 0.3 is 0 Å². The molecule has 2 aromatic carbocycles. The van der Waals surface area contributed by atoms with E-state index in [2.05, 4.69) is 15.4 Å². The summed E-state index contributed by atoms with van der Waals surface area (Å²) < 4.78 is 7.31. The highest BCUT2D eigenvalue weighted by atomic mass is 16.5. The maximum Gasteiger partial charge on any atom is 0.246 e. The van der Waals surface area contributed by atoms with Crippen molar-refractivity contribution < 1.29 is 9.53 Å². The fraction of sp³-hybridized carbons (Fsp3) is 0.118. The lowest BCUT2D eigenvalue weighted by molar-refractivity contribution is -0.116. The first kappa shape index (κ1) is 14.8. The molecule has 0 aliphatic heterocycles. The quantitative estimate of drug-likeness (QED) is 0.786. The van der Waals surface area contributed by atoms with Gasteiger partial charge in [-0.2, -0.15) is 5.10 Å². The zero-order valence-electron chi connectivity index (χ0n) is 12.6. The molecule has 1 N–H and O–H groups in total. The van der Waals surface area contributed by atoms with Crippen LogP contribution in [0.25, 0.3) is 0 Å². The Bertz CT molecular complexity index is 783. The lowest BCUT2D eigenvalue weighted by Crippen LogP contribution is -2.19. The molecule has 0 bridgehead atoms. The van der Waals surface area contributed by atoms with Crippen molar-refractivity contribution in [2.24, 2.45) is 0 Å². The molecule has 3 aromatic rings. The Hall–Kier alpha value is -3.15. The predicted octanol–water partition coefficient (Wildman–Crippen LogP) is 3.02. The van der Waals surface area contributed by atoms with E-state index in [-0.39, 0.29) is 12.5 Å². The van der Waals surface area contributed by atoms with Crippen LogP contribution >= 0.6 is 0 Å². The van der Waals surface area contributed by atoms with Gasteiger partial charge in [-0.15, -0.1) is 0 Å². The number of anilines is 1. The largest absolute Gasteiger partial charge is 0.455 e. The lowest BCUT2D eigenvalue weighted by atomic mass is 10.2. The van der Waals surface area contributed by atoms with Crippen LogP contribution in [0.15, 0.2) is 61.2 Å². The summed E-state index contributed by atoms with van der Waals surface area (Å²) in [4.78, 5) is 15.9. The topological polar surface area (TPSA) is 69.0 Å². The number of carbonyl (C=O) groups excluding carboxylic acids is 1. The second-order valence-corrected chi connectivity index (χ2v) is 5.05. The predicted molar refractivity (Wildman–Crippen MR) is 86.3 cm³/mol. The van der Waals surface area contributed by atoms with E-state index >= 15 is 0 Å². The number of aromatic nitrogens is 3. The number of amides is 1. The summed E-state index contributed by atoms with van der Waals surface area (Å²) in [5.74, 6) is 1.10. The number of carbonyl (C=O) groups is 1. The summed E-state index contributed by atoms with van der Waals surface area (Å²) in [7, 11) is 0. The summed E-state index contributed by atoms with van der Waals surface area (Å²) in [6.45, 7) is 2.11. The number of nitrogens with one attached hydrogen (secondary N) is 1. The van der Waals surface area contributed by atoms with E-state index in [1.165, 1.54) is 17.3 Å². The van der Waals surface area contributed by atoms with Crippen molar-refractivity contribution in [3.05, 3.63) is 66.7 Å². The first-order chi connectivity index (χ1) is 11.2. The monoisotopic (exact) mass is 308 g/mol. The molecule has 0 aliphatic carbocycles. The van der Waals surface area contributed by atoms with Crippen LogP contribution in [0.3, 0.4) is 0 Å². The molecule has 0 atom stereocenters. The molecule has 0 unspecified atom stereocenters. The smallest absolute Gasteiger partial charge is 0.246 e. The van der Waals surface area contributed by atoms with Gasteiger partial charge in [0.15, 0.2) is 5.75 Å². The Morgan fingerprint density at radius 1 is 1.17 bits per heavy atom. The molecule has 6 nitrogen and oxygen atoms in total. The van der Waals surface area contributed by atoms with Gasteiger partial charge in [-0.3, -0.25) is 4.79 Å². The zero-order chi connectivity index (χ0) is 16.1. The first-order valence-corrected chi connectivity index (χ1v) is 7.16. The summed E-state index contributed by atoms with van der Waals surface area (Å²) in [5.41, 5.74) is 1.77. The van der Waals surface area contributed by atoms with E-state index in [9.17, 15) is 4.79 Å². The van der Waals surface area contributed by atoms with Crippen molar-refractivity contribution in [1.82, 2.24) is 14.8 Å². The first-order valence-electron chi connectivity index (χ1n) is 7.16. The third-order valence-electron chi connectivity index (χ3n) is 3.18. The third kappa shape index (κ3) is 3.94. The van der Waals surface area contributed by atoms with Gasteiger partial charge in [0.25, 0.3) is 0 Å². The number of hydrogen-bond acceptors (Lipinski definition) is 4. The highest BCUT2D eigenvalue weighted by Gasteiger charge is 2.09. The molecule has 1 aromatic heterocycles. The van der Waals surface area contributed by atoms with Gasteiger partial charge in [0.2, 0.25) is 5.91 Å². The van der Waals surface area contributed by atoms with Crippen molar-refractivity contribution in [1.29, 1.82) is 0 Å². The van der Waals surface area contributed by atoms with Crippen LogP contribution in [-0.2, 0) is 11.3 Å². The van der Waals surface area contributed by atoms with Crippen molar-refractivity contribution in [2.45, 2.75) is 13.5 Å². The number of rotatable bonds is 5. The van der Waals surface area contributed by atoms with Gasteiger partial charge in [0.05, 0.1) is 5.69 Å². The molecule has 3 rings (SSSR count). The number of para-hydroxylation sites is 2. The normalized spacial score (nSPS) is 10.3. The number of nitrogens with zero attached hydrogens (tertiary/aromatic N) is 3. The summed E-state index contributed by atoms with van der Waals surface area (Å²) in [6, 6.07) is 15.0. The van der Waals surface area contributed by atoms with Gasteiger partial charge in [-0.05, 0) is 31.2 Å². The molecular weight excluding hydrogens is 292 g/mol. The maximum absolute atomic E-state index is 12.1. The van der Waals surface area contributed by atoms with Gasteiger partial charge in [-0.25, -0.2) is 9.67 Å². The van der Waals surface area contributed by atoms with Crippen LogP contribution in [0, 0.1) is 6.92 Å². The number of ether oxygens (including phenoxy) is 1. The molecule has 1 heterocycles. The SMILES string of the molecule is Cc1ccc(Oc2ccccc2NC(=O)Cn2cncn2)cc1. The van der Waals surface area contributed by atoms with Crippen molar-refractivity contribution in [3.8, 4) is 11.5 Å². The van der Waals surface area contributed by atoms with Crippen molar-refractivity contribution in [3.63, 3.8) is 0 Å². The Morgan fingerprint density at radius 3 is 2.70 bits per heavy atom. The van der Waals surface area contributed by atoms with E-state index in [0.717, 1.165) is 5.56 Å². The fourth-order valence-electron chi connectivity index (χ4n) is 2.04. The average Bonchev–Trinajstić information content (AvgIpc) is 3.04. The number of aryl methyl sites for hydroxylation is 1. The van der Waals surface area contributed by atoms with Crippen LogP contribution < -0.4 is 10.1 Å². The third-order valence-corrected chi connectivity index (χ3v) is 3.18. The molecule has 0 saturated heterocycles. The zero-order valence-corrected chi connectivity index (χ0v) is 12.6. The Labute approximate surface area is 133 Å². The molecule has 23 heavy (non-hydrogen) atoms. The highest BCUT2D eigenvalue weighted by Crippen LogP contribution is 2.29. The van der Waals surface area contributed by atoms with E-state index in [0.29, 0.717) is 17.2 Å². The minimum atomic E-state index is -0.199. The van der Waals surface area contributed by atoms with Crippen molar-refractivity contribution >= 4 is 11.6 Å².